The van der Waals surface area contributed by atoms with Crippen molar-refractivity contribution in [2.45, 2.75) is 6.42 Å². The Bertz CT molecular complexity index is 1170. The highest BCUT2D eigenvalue weighted by Crippen LogP contribution is 2.31. The third-order valence-corrected chi connectivity index (χ3v) is 5.17. The number of para-hydroxylation sites is 2. The number of fused-ring (bicyclic) bond motifs is 2. The molecule has 0 atom stereocenters. The fourth-order valence-corrected chi connectivity index (χ4v) is 3.58. The number of carbonyl (C=O) groups is 1. The van der Waals surface area contributed by atoms with Crippen molar-refractivity contribution in [2.24, 2.45) is 0 Å². The molecule has 4 aromatic rings. The number of hydrogen-bond acceptors (Lipinski definition) is 5. The van der Waals surface area contributed by atoms with Gasteiger partial charge in [0.1, 0.15) is 0 Å². The Morgan fingerprint density at radius 3 is 2.34 bits per heavy atom. The van der Waals surface area contributed by atoms with E-state index in [-0.39, 0.29) is 5.91 Å². The van der Waals surface area contributed by atoms with Crippen molar-refractivity contribution in [1.29, 1.82) is 0 Å². The third-order valence-electron chi connectivity index (χ3n) is 5.17. The average molecular weight is 384 g/mol. The van der Waals surface area contributed by atoms with Crippen molar-refractivity contribution in [3.05, 3.63) is 72.6 Å². The summed E-state index contributed by atoms with van der Waals surface area (Å²) in [7, 11) is 1.98. The summed E-state index contributed by atoms with van der Waals surface area (Å²) in [6, 6.07) is 17.5. The topological polar surface area (TPSA) is 67.2 Å². The summed E-state index contributed by atoms with van der Waals surface area (Å²) < 4.78 is 1.79. The van der Waals surface area contributed by atoms with Gasteiger partial charge >= 0.3 is 0 Å². The molecule has 3 heterocycles. The highest BCUT2D eigenvalue weighted by molar-refractivity contribution is 5.98. The predicted molar refractivity (Wildman–Crippen MR) is 112 cm³/mol. The van der Waals surface area contributed by atoms with Gasteiger partial charge < -0.3 is 4.90 Å². The van der Waals surface area contributed by atoms with Crippen LogP contribution in [0.4, 0.5) is 11.6 Å². The average Bonchev–Trinajstić information content (AvgIpc) is 3.28. The van der Waals surface area contributed by atoms with E-state index in [1.165, 1.54) is 0 Å². The van der Waals surface area contributed by atoms with Crippen LogP contribution in [-0.2, 0) is 11.2 Å². The Morgan fingerprint density at radius 1 is 0.931 bits per heavy atom. The van der Waals surface area contributed by atoms with E-state index >= 15 is 0 Å². The quantitative estimate of drug-likeness (QED) is 0.543. The lowest BCUT2D eigenvalue weighted by atomic mass is 10.1. The van der Waals surface area contributed by atoms with Gasteiger partial charge in [0.15, 0.2) is 11.6 Å². The fraction of sp³-hybridized carbons (Fsp3) is 0.182. The van der Waals surface area contributed by atoms with Crippen molar-refractivity contribution in [1.82, 2.24) is 19.7 Å². The Morgan fingerprint density at radius 2 is 1.66 bits per heavy atom. The monoisotopic (exact) mass is 384 g/mol. The molecule has 2 aromatic carbocycles. The van der Waals surface area contributed by atoms with Gasteiger partial charge in [-0.1, -0.05) is 24.3 Å². The largest absolute Gasteiger partial charge is 0.355 e. The standard InChI is InChI=1S/C22H20N6O/c1-26-13-14-27(22-21(26)24-18-5-2-3-6-19(18)25-22)20(29)15-16-7-9-17(10-8-16)28-12-4-11-23-28/h2-12H,13-15H2,1H3. The number of aromatic nitrogens is 4. The number of hydrogen-bond donors (Lipinski definition) is 0. The van der Waals surface area contributed by atoms with E-state index < -0.39 is 0 Å². The lowest BCUT2D eigenvalue weighted by Gasteiger charge is -2.33. The van der Waals surface area contributed by atoms with E-state index in [0.717, 1.165) is 34.6 Å². The minimum absolute atomic E-state index is 0.0239. The van der Waals surface area contributed by atoms with Crippen molar-refractivity contribution in [3.8, 4) is 5.69 Å². The van der Waals surface area contributed by atoms with Crippen LogP contribution in [0.15, 0.2) is 67.0 Å². The number of rotatable bonds is 3. The molecule has 1 aliphatic heterocycles. The maximum atomic E-state index is 13.1. The van der Waals surface area contributed by atoms with Crippen molar-refractivity contribution in [3.63, 3.8) is 0 Å². The molecule has 7 heteroatoms. The van der Waals surface area contributed by atoms with E-state index in [1.807, 2.05) is 67.8 Å². The Kier molecular flexibility index (Phi) is 4.20. The number of nitrogens with zero attached hydrogens (tertiary/aromatic N) is 6. The molecule has 7 nitrogen and oxygen atoms in total. The molecule has 0 saturated carbocycles. The van der Waals surface area contributed by atoms with Gasteiger partial charge in [0.2, 0.25) is 5.91 Å². The molecule has 0 unspecified atom stereocenters. The van der Waals surface area contributed by atoms with E-state index in [1.54, 1.807) is 15.8 Å². The third kappa shape index (κ3) is 3.20. The highest BCUT2D eigenvalue weighted by atomic mass is 16.2. The zero-order valence-corrected chi connectivity index (χ0v) is 16.1. The zero-order chi connectivity index (χ0) is 19.8. The minimum atomic E-state index is 0.0239. The van der Waals surface area contributed by atoms with E-state index in [4.69, 9.17) is 9.97 Å². The lowest BCUT2D eigenvalue weighted by molar-refractivity contribution is -0.118. The summed E-state index contributed by atoms with van der Waals surface area (Å²) >= 11 is 0. The molecule has 29 heavy (non-hydrogen) atoms. The molecule has 1 amide bonds. The van der Waals surface area contributed by atoms with Crippen LogP contribution in [0.3, 0.4) is 0 Å². The van der Waals surface area contributed by atoms with Gasteiger partial charge in [0.25, 0.3) is 0 Å². The molecule has 144 valence electrons. The first-order chi connectivity index (χ1) is 14.2. The predicted octanol–water partition coefficient (Wildman–Crippen LogP) is 2.84. The Hall–Kier alpha value is -3.74. The first-order valence-corrected chi connectivity index (χ1v) is 9.56. The number of likely N-dealkylation sites (N-methyl/N-ethyl adjacent to an activating group) is 1. The smallest absolute Gasteiger partial charge is 0.232 e. The molecular formula is C22H20N6O. The molecule has 5 rings (SSSR count). The molecule has 0 aliphatic carbocycles. The van der Waals surface area contributed by atoms with Crippen LogP contribution < -0.4 is 9.80 Å². The van der Waals surface area contributed by atoms with E-state index in [0.29, 0.717) is 18.8 Å². The van der Waals surface area contributed by atoms with Gasteiger partial charge in [-0.2, -0.15) is 5.10 Å². The summed E-state index contributed by atoms with van der Waals surface area (Å²) in [5.74, 6) is 1.41. The lowest BCUT2D eigenvalue weighted by Crippen LogP contribution is -2.44. The van der Waals surface area contributed by atoms with Crippen LogP contribution in [0.2, 0.25) is 0 Å². The molecule has 2 aromatic heterocycles. The van der Waals surface area contributed by atoms with Crippen LogP contribution in [0, 0.1) is 0 Å². The van der Waals surface area contributed by atoms with Gasteiger partial charge in [-0.3, -0.25) is 9.69 Å². The number of benzene rings is 2. The van der Waals surface area contributed by atoms with Gasteiger partial charge in [-0.25, -0.2) is 14.6 Å². The summed E-state index contributed by atoms with van der Waals surface area (Å²) in [6.45, 7) is 1.32. The normalized spacial score (nSPS) is 13.6. The van der Waals surface area contributed by atoms with Gasteiger partial charge in [0, 0.05) is 32.5 Å². The number of amides is 1. The summed E-state index contributed by atoms with van der Waals surface area (Å²) in [5, 5.41) is 4.23. The molecule has 1 aliphatic rings. The molecule has 0 spiro atoms. The van der Waals surface area contributed by atoms with Crippen molar-refractivity contribution < 1.29 is 4.79 Å². The van der Waals surface area contributed by atoms with Crippen LogP contribution in [0.1, 0.15) is 5.56 Å². The Balaban J connectivity index is 1.42. The molecule has 0 bridgehead atoms. The van der Waals surface area contributed by atoms with Crippen molar-refractivity contribution in [2.75, 3.05) is 29.9 Å². The second-order valence-corrected chi connectivity index (χ2v) is 7.12. The molecule has 0 N–H and O–H groups in total. The van der Waals surface area contributed by atoms with Crippen LogP contribution in [-0.4, -0.2) is 45.8 Å². The van der Waals surface area contributed by atoms with Gasteiger partial charge in [0.05, 0.1) is 23.1 Å². The van der Waals surface area contributed by atoms with Crippen LogP contribution >= 0.6 is 0 Å². The second kappa shape index (κ2) is 7.01. The van der Waals surface area contributed by atoms with Gasteiger partial charge in [-0.05, 0) is 35.9 Å². The van der Waals surface area contributed by atoms with Gasteiger partial charge in [-0.15, -0.1) is 0 Å². The van der Waals surface area contributed by atoms with Crippen LogP contribution in [0.5, 0.6) is 0 Å². The highest BCUT2D eigenvalue weighted by Gasteiger charge is 2.28. The summed E-state index contributed by atoms with van der Waals surface area (Å²) in [5.41, 5.74) is 3.55. The van der Waals surface area contributed by atoms with Crippen molar-refractivity contribution >= 4 is 28.6 Å². The molecule has 0 fully saturated rings. The maximum Gasteiger partial charge on any atom is 0.232 e. The number of anilines is 2. The minimum Gasteiger partial charge on any atom is -0.355 e. The van der Waals surface area contributed by atoms with E-state index in [9.17, 15) is 4.79 Å². The molecule has 0 radical (unpaired) electrons. The van der Waals surface area contributed by atoms with Crippen LogP contribution in [0.25, 0.3) is 16.7 Å². The molecular weight excluding hydrogens is 364 g/mol. The summed E-state index contributed by atoms with van der Waals surface area (Å²) in [4.78, 5) is 26.4. The SMILES string of the molecule is CN1CCN(C(=O)Cc2ccc(-n3cccn3)cc2)c2nc3ccccc3nc21. The first kappa shape index (κ1) is 17.4. The zero-order valence-electron chi connectivity index (χ0n) is 16.1. The number of carbonyl (C=O) groups excluding carboxylic acids is 1. The maximum absolute atomic E-state index is 13.1. The molecule has 0 saturated heterocycles. The Labute approximate surface area is 168 Å². The summed E-state index contributed by atoms with van der Waals surface area (Å²) in [6.07, 6.45) is 3.95. The first-order valence-electron chi connectivity index (χ1n) is 9.56. The van der Waals surface area contributed by atoms with E-state index in [2.05, 4.69) is 10.00 Å². The fourth-order valence-electron chi connectivity index (χ4n) is 3.58. The second-order valence-electron chi connectivity index (χ2n) is 7.12.